The maximum absolute atomic E-state index is 11.4. The number of furan rings is 1. The summed E-state index contributed by atoms with van der Waals surface area (Å²) in [6.45, 7) is 0. The zero-order valence-electron chi connectivity index (χ0n) is 9.63. The number of nitrogens with zero attached hydrogens (tertiary/aromatic N) is 1. The summed E-state index contributed by atoms with van der Waals surface area (Å²) in [5.74, 6) is -0.731. The fourth-order valence-electron chi connectivity index (χ4n) is 1.58. The number of rotatable bonds is 3. The van der Waals surface area contributed by atoms with Crippen molar-refractivity contribution in [2.24, 2.45) is 0 Å². The number of carbonyl (C=O) groups is 1. The van der Waals surface area contributed by atoms with Crippen LogP contribution < -0.4 is 4.74 Å². The Morgan fingerprint density at radius 2 is 2.06 bits per heavy atom. The molecule has 18 heavy (non-hydrogen) atoms. The lowest BCUT2D eigenvalue weighted by atomic mass is 10.1. The number of carbonyl (C=O) groups excluding carboxylic acids is 1. The molecule has 0 saturated carbocycles. The maximum atomic E-state index is 11.4. The van der Waals surface area contributed by atoms with Gasteiger partial charge in [0.1, 0.15) is 4.92 Å². The minimum Gasteiger partial charge on any atom is -0.493 e. The summed E-state index contributed by atoms with van der Waals surface area (Å²) in [7, 11) is 2.63. The highest BCUT2D eigenvalue weighted by Gasteiger charge is 2.19. The number of hydrogen-bond donors (Lipinski definition) is 0. The van der Waals surface area contributed by atoms with Gasteiger partial charge in [0.15, 0.2) is 11.3 Å². The molecule has 0 fully saturated rings. The van der Waals surface area contributed by atoms with Gasteiger partial charge >= 0.3 is 11.9 Å². The molecular weight excluding hydrogens is 242 g/mol. The Balaban J connectivity index is 2.67. The van der Waals surface area contributed by atoms with E-state index in [-0.39, 0.29) is 16.9 Å². The molecule has 0 radical (unpaired) electrons. The summed E-state index contributed by atoms with van der Waals surface area (Å²) in [4.78, 5) is 21.4. The molecular formula is C11H9NO6. The van der Waals surface area contributed by atoms with E-state index in [9.17, 15) is 14.9 Å². The van der Waals surface area contributed by atoms with Crippen LogP contribution in [0.15, 0.2) is 22.6 Å². The van der Waals surface area contributed by atoms with Crippen LogP contribution in [0.4, 0.5) is 5.88 Å². The highest BCUT2D eigenvalue weighted by Crippen LogP contribution is 2.33. The molecule has 0 aliphatic carbocycles. The number of ether oxygens (including phenoxy) is 2. The first kappa shape index (κ1) is 11.9. The number of benzene rings is 1. The molecule has 2 aromatic rings. The number of hydrogen-bond acceptors (Lipinski definition) is 6. The SMILES string of the molecule is COC(=O)c1cc(OC)c2oc([N+](=O)[O-])cc2c1. The van der Waals surface area contributed by atoms with Gasteiger partial charge in [0, 0.05) is 5.39 Å². The van der Waals surface area contributed by atoms with Crippen molar-refractivity contribution in [2.45, 2.75) is 0 Å². The van der Waals surface area contributed by atoms with Gasteiger partial charge in [0.2, 0.25) is 0 Å². The molecule has 0 N–H and O–H groups in total. The number of methoxy groups -OCH3 is 2. The first-order valence-electron chi connectivity index (χ1n) is 4.91. The Morgan fingerprint density at radius 3 is 2.61 bits per heavy atom. The topological polar surface area (TPSA) is 91.8 Å². The average Bonchev–Trinajstić information content (AvgIpc) is 2.80. The molecule has 0 bridgehead atoms. The fourth-order valence-corrected chi connectivity index (χ4v) is 1.58. The number of nitro groups is 1. The molecule has 0 atom stereocenters. The van der Waals surface area contributed by atoms with Gasteiger partial charge in [-0.1, -0.05) is 0 Å². The highest BCUT2D eigenvalue weighted by atomic mass is 16.6. The van der Waals surface area contributed by atoms with E-state index in [1.165, 1.54) is 32.4 Å². The van der Waals surface area contributed by atoms with Gasteiger partial charge in [0.25, 0.3) is 0 Å². The van der Waals surface area contributed by atoms with Crippen molar-refractivity contribution in [2.75, 3.05) is 14.2 Å². The Bertz CT molecular complexity index is 630. The van der Waals surface area contributed by atoms with Crippen LogP contribution in [0.3, 0.4) is 0 Å². The fraction of sp³-hybridized carbons (Fsp3) is 0.182. The van der Waals surface area contributed by atoms with Crippen LogP contribution in [0.1, 0.15) is 10.4 Å². The monoisotopic (exact) mass is 251 g/mol. The van der Waals surface area contributed by atoms with E-state index in [4.69, 9.17) is 9.15 Å². The number of fused-ring (bicyclic) bond motifs is 1. The smallest absolute Gasteiger partial charge is 0.434 e. The molecule has 7 heteroatoms. The van der Waals surface area contributed by atoms with E-state index in [1.54, 1.807) is 0 Å². The summed E-state index contributed by atoms with van der Waals surface area (Å²) in [5, 5.41) is 11.0. The number of esters is 1. The third kappa shape index (κ3) is 1.86. The van der Waals surface area contributed by atoms with Crippen LogP contribution >= 0.6 is 0 Å². The third-order valence-electron chi connectivity index (χ3n) is 2.39. The van der Waals surface area contributed by atoms with Gasteiger partial charge in [-0.3, -0.25) is 10.1 Å². The van der Waals surface area contributed by atoms with E-state index < -0.39 is 16.8 Å². The van der Waals surface area contributed by atoms with Crippen LogP contribution in [0.5, 0.6) is 5.75 Å². The zero-order valence-corrected chi connectivity index (χ0v) is 9.63. The Morgan fingerprint density at radius 1 is 1.33 bits per heavy atom. The van der Waals surface area contributed by atoms with Gasteiger partial charge < -0.3 is 13.9 Å². The summed E-state index contributed by atoms with van der Waals surface area (Å²) in [6.07, 6.45) is 0. The van der Waals surface area contributed by atoms with Gasteiger partial charge in [0.05, 0.1) is 25.8 Å². The van der Waals surface area contributed by atoms with Crippen molar-refractivity contribution in [1.29, 1.82) is 0 Å². The van der Waals surface area contributed by atoms with E-state index >= 15 is 0 Å². The summed E-state index contributed by atoms with van der Waals surface area (Å²) in [6, 6.07) is 4.08. The lowest BCUT2D eigenvalue weighted by Gasteiger charge is -2.03. The molecule has 7 nitrogen and oxygen atoms in total. The van der Waals surface area contributed by atoms with E-state index in [0.717, 1.165) is 0 Å². The molecule has 1 heterocycles. The van der Waals surface area contributed by atoms with Crippen LogP contribution in [0.25, 0.3) is 11.0 Å². The molecule has 1 aromatic heterocycles. The minimum absolute atomic E-state index is 0.219. The van der Waals surface area contributed by atoms with E-state index in [1.807, 2.05) is 0 Å². The second-order valence-electron chi connectivity index (χ2n) is 3.43. The molecule has 0 aliphatic rings. The molecule has 0 saturated heterocycles. The predicted molar refractivity (Wildman–Crippen MR) is 60.8 cm³/mol. The summed E-state index contributed by atoms with van der Waals surface area (Å²) < 4.78 is 14.7. The largest absolute Gasteiger partial charge is 0.493 e. The van der Waals surface area contributed by atoms with Crippen LogP contribution in [0.2, 0.25) is 0 Å². The lowest BCUT2D eigenvalue weighted by molar-refractivity contribution is -0.401. The lowest BCUT2D eigenvalue weighted by Crippen LogP contribution is -2.01. The van der Waals surface area contributed by atoms with Crippen molar-refractivity contribution in [3.63, 3.8) is 0 Å². The van der Waals surface area contributed by atoms with Crippen molar-refractivity contribution in [3.8, 4) is 5.75 Å². The molecule has 0 aliphatic heterocycles. The molecule has 0 unspecified atom stereocenters. The normalized spacial score (nSPS) is 10.3. The quantitative estimate of drug-likeness (QED) is 0.471. The first-order valence-corrected chi connectivity index (χ1v) is 4.91. The standard InChI is InChI=1S/C11H9NO6/c1-16-8-4-7(11(13)17-2)3-6-5-9(12(14)15)18-10(6)8/h3-5H,1-2H3. The Kier molecular flexibility index (Phi) is 2.88. The molecule has 2 rings (SSSR count). The van der Waals surface area contributed by atoms with Crippen LogP contribution in [-0.2, 0) is 4.74 Å². The van der Waals surface area contributed by atoms with E-state index in [2.05, 4.69) is 4.74 Å². The maximum Gasteiger partial charge on any atom is 0.434 e. The molecule has 0 amide bonds. The average molecular weight is 251 g/mol. The van der Waals surface area contributed by atoms with Crippen molar-refractivity contribution >= 4 is 22.8 Å². The van der Waals surface area contributed by atoms with Gasteiger partial charge in [-0.2, -0.15) is 0 Å². The third-order valence-corrected chi connectivity index (χ3v) is 2.39. The minimum atomic E-state index is -0.656. The van der Waals surface area contributed by atoms with Crippen LogP contribution in [0, 0.1) is 10.1 Å². The van der Waals surface area contributed by atoms with Gasteiger partial charge in [-0.25, -0.2) is 4.79 Å². The summed E-state index contributed by atoms with van der Waals surface area (Å²) in [5.41, 5.74) is 0.453. The van der Waals surface area contributed by atoms with Gasteiger partial charge in [-0.05, 0) is 12.1 Å². The first-order chi connectivity index (χ1) is 8.56. The molecule has 0 spiro atoms. The van der Waals surface area contributed by atoms with Crippen molar-refractivity contribution < 1.29 is 23.6 Å². The molecule has 94 valence electrons. The Hall–Kier alpha value is -2.57. The molecule has 1 aromatic carbocycles. The Labute approximate surface area is 101 Å². The second kappa shape index (κ2) is 4.36. The highest BCUT2D eigenvalue weighted by molar-refractivity contribution is 5.97. The summed E-state index contributed by atoms with van der Waals surface area (Å²) >= 11 is 0. The second-order valence-corrected chi connectivity index (χ2v) is 3.43. The van der Waals surface area contributed by atoms with E-state index in [0.29, 0.717) is 5.39 Å². The zero-order chi connectivity index (χ0) is 13.3. The van der Waals surface area contributed by atoms with Crippen LogP contribution in [-0.4, -0.2) is 25.1 Å². The van der Waals surface area contributed by atoms with Crippen molar-refractivity contribution in [3.05, 3.63) is 33.9 Å². The van der Waals surface area contributed by atoms with Gasteiger partial charge in [-0.15, -0.1) is 0 Å². The predicted octanol–water partition coefficient (Wildman–Crippen LogP) is 2.14. The van der Waals surface area contributed by atoms with Crippen molar-refractivity contribution in [1.82, 2.24) is 0 Å².